The molecule has 2 aromatic carbocycles. The van der Waals surface area contributed by atoms with Crippen LogP contribution in [-0.4, -0.2) is 31.8 Å². The third-order valence-corrected chi connectivity index (χ3v) is 4.42. The van der Waals surface area contributed by atoms with Gasteiger partial charge in [-0.1, -0.05) is 24.3 Å². The average Bonchev–Trinajstić information content (AvgIpc) is 2.45. The smallest absolute Gasteiger partial charge is 0.294 e. The van der Waals surface area contributed by atoms with Crippen LogP contribution in [0.25, 0.3) is 11.1 Å². The van der Waals surface area contributed by atoms with Gasteiger partial charge in [0.15, 0.2) is 0 Å². The van der Waals surface area contributed by atoms with Crippen molar-refractivity contribution < 1.29 is 18.4 Å². The van der Waals surface area contributed by atoms with E-state index in [-0.39, 0.29) is 17.1 Å². The fourth-order valence-electron chi connectivity index (χ4n) is 2.00. The zero-order valence-electron chi connectivity index (χ0n) is 11.9. The molecule has 0 unspecified atom stereocenters. The molecule has 0 amide bonds. The van der Waals surface area contributed by atoms with Crippen molar-refractivity contribution >= 4 is 21.4 Å². The molecule has 116 valence electrons. The van der Waals surface area contributed by atoms with Crippen LogP contribution in [-0.2, 0) is 10.0 Å². The second-order valence-corrected chi connectivity index (χ2v) is 6.72. The van der Waals surface area contributed by atoms with Crippen LogP contribution in [0.1, 0.15) is 0 Å². The Hall–Kier alpha value is -2.61. The van der Waals surface area contributed by atoms with Gasteiger partial charge in [0, 0.05) is 18.7 Å². The Morgan fingerprint density at radius 1 is 1.18 bits per heavy atom. The summed E-state index contributed by atoms with van der Waals surface area (Å²) in [6, 6.07) is 10.5. The van der Waals surface area contributed by atoms with E-state index in [1.165, 1.54) is 31.3 Å². The highest BCUT2D eigenvalue weighted by Gasteiger charge is 2.23. The van der Waals surface area contributed by atoms with Gasteiger partial charge in [0.05, 0.1) is 11.2 Å². The Kier molecular flexibility index (Phi) is 4.05. The summed E-state index contributed by atoms with van der Waals surface area (Å²) in [5.74, 6) is -0.0129. The molecule has 0 fully saturated rings. The van der Waals surface area contributed by atoms with E-state index in [1.54, 1.807) is 18.2 Å². The Morgan fingerprint density at radius 2 is 1.82 bits per heavy atom. The van der Waals surface area contributed by atoms with Gasteiger partial charge in [-0.15, -0.1) is 0 Å². The molecule has 0 radical (unpaired) electrons. The van der Waals surface area contributed by atoms with Crippen LogP contribution in [0, 0.1) is 10.1 Å². The number of hydrogen-bond acceptors (Lipinski definition) is 5. The van der Waals surface area contributed by atoms with Gasteiger partial charge in [-0.3, -0.25) is 14.4 Å². The number of nitro benzene ring substituents is 1. The molecule has 0 bridgehead atoms. The van der Waals surface area contributed by atoms with E-state index in [1.807, 2.05) is 0 Å². The molecule has 0 heterocycles. The quantitative estimate of drug-likeness (QED) is 0.688. The van der Waals surface area contributed by atoms with Crippen LogP contribution < -0.4 is 4.31 Å². The monoisotopic (exact) mass is 322 g/mol. The van der Waals surface area contributed by atoms with Crippen molar-refractivity contribution in [3.05, 3.63) is 52.6 Å². The number of aromatic hydroxyl groups is 1. The van der Waals surface area contributed by atoms with Crippen LogP contribution >= 0.6 is 0 Å². The minimum Gasteiger partial charge on any atom is -0.507 e. The first-order valence-electron chi connectivity index (χ1n) is 6.22. The van der Waals surface area contributed by atoms with E-state index in [9.17, 15) is 23.6 Å². The Balaban J connectivity index is 2.63. The fraction of sp³-hybridized carbons (Fsp3) is 0.143. The largest absolute Gasteiger partial charge is 0.507 e. The zero-order valence-corrected chi connectivity index (χ0v) is 12.7. The third-order valence-electron chi connectivity index (χ3n) is 3.22. The lowest BCUT2D eigenvalue weighted by Gasteiger charge is -2.17. The van der Waals surface area contributed by atoms with Gasteiger partial charge in [0.25, 0.3) is 5.69 Å². The molecule has 8 heteroatoms. The summed E-state index contributed by atoms with van der Waals surface area (Å²) < 4.78 is 24.0. The number of benzene rings is 2. The second-order valence-electron chi connectivity index (χ2n) is 4.71. The highest BCUT2D eigenvalue weighted by Crippen LogP contribution is 2.36. The molecule has 1 N–H and O–H groups in total. The molecule has 7 nitrogen and oxygen atoms in total. The molecule has 0 atom stereocenters. The number of nitro groups is 1. The van der Waals surface area contributed by atoms with E-state index in [0.29, 0.717) is 11.1 Å². The lowest BCUT2D eigenvalue weighted by molar-refractivity contribution is -0.384. The number of sulfonamides is 1. The first-order chi connectivity index (χ1) is 10.2. The molecule has 0 aliphatic rings. The first kappa shape index (κ1) is 15.8. The predicted molar refractivity (Wildman–Crippen MR) is 83.4 cm³/mol. The van der Waals surface area contributed by atoms with Gasteiger partial charge < -0.3 is 5.11 Å². The lowest BCUT2D eigenvalue weighted by Crippen LogP contribution is -2.25. The van der Waals surface area contributed by atoms with Crippen LogP contribution in [0.15, 0.2) is 42.5 Å². The Labute approximate surface area is 127 Å². The number of hydrogen-bond donors (Lipinski definition) is 1. The van der Waals surface area contributed by atoms with Gasteiger partial charge in [0.1, 0.15) is 11.4 Å². The van der Waals surface area contributed by atoms with Gasteiger partial charge in [-0.25, -0.2) is 8.42 Å². The molecular weight excluding hydrogens is 308 g/mol. The maximum atomic E-state index is 11.6. The number of phenolic OH excluding ortho intramolecular Hbond substituents is 1. The average molecular weight is 322 g/mol. The van der Waals surface area contributed by atoms with Crippen molar-refractivity contribution in [1.82, 2.24) is 0 Å². The topological polar surface area (TPSA) is 101 Å². The maximum Gasteiger partial charge on any atom is 0.294 e. The summed E-state index contributed by atoms with van der Waals surface area (Å²) in [6.45, 7) is 0. The molecule has 22 heavy (non-hydrogen) atoms. The lowest BCUT2D eigenvalue weighted by atomic mass is 10.0. The van der Waals surface area contributed by atoms with Crippen LogP contribution in [0.3, 0.4) is 0 Å². The molecule has 2 aromatic rings. The summed E-state index contributed by atoms with van der Waals surface area (Å²) in [7, 11) is -2.37. The number of nitrogens with zero attached hydrogens (tertiary/aromatic N) is 2. The summed E-state index contributed by atoms with van der Waals surface area (Å²) in [5.41, 5.74) is 0.468. The standard InChI is InChI=1S/C14H14N2O5S/c1-15(22(2,20)21)12-8-7-10(9-13(12)16(18)19)11-5-3-4-6-14(11)17/h3-9,17H,1-2H3. The molecule has 0 saturated carbocycles. The first-order valence-corrected chi connectivity index (χ1v) is 8.07. The predicted octanol–water partition coefficient (Wildman–Crippen LogP) is 2.36. The second kappa shape index (κ2) is 5.64. The minimum atomic E-state index is -3.62. The summed E-state index contributed by atoms with van der Waals surface area (Å²) in [5, 5.41) is 21.1. The van der Waals surface area contributed by atoms with E-state index < -0.39 is 14.9 Å². The van der Waals surface area contributed by atoms with Crippen LogP contribution in [0.5, 0.6) is 5.75 Å². The maximum absolute atomic E-state index is 11.6. The highest BCUT2D eigenvalue weighted by molar-refractivity contribution is 7.92. The van der Waals surface area contributed by atoms with Crippen molar-refractivity contribution in [1.29, 1.82) is 0 Å². The number of rotatable bonds is 4. The summed E-state index contributed by atoms with van der Waals surface area (Å²) >= 11 is 0. The van der Waals surface area contributed by atoms with Gasteiger partial charge in [-0.2, -0.15) is 0 Å². The molecule has 2 rings (SSSR count). The van der Waals surface area contributed by atoms with E-state index in [4.69, 9.17) is 0 Å². The van der Waals surface area contributed by atoms with Gasteiger partial charge in [0.2, 0.25) is 10.0 Å². The molecule has 0 spiro atoms. The van der Waals surface area contributed by atoms with E-state index >= 15 is 0 Å². The number of phenols is 1. The zero-order chi connectivity index (χ0) is 16.5. The van der Waals surface area contributed by atoms with Crippen molar-refractivity contribution in [2.75, 3.05) is 17.6 Å². The SMILES string of the molecule is CN(c1ccc(-c2ccccc2O)cc1[N+](=O)[O-])S(C)(=O)=O. The summed E-state index contributed by atoms with van der Waals surface area (Å²) in [6.07, 6.45) is 0.966. The normalized spacial score (nSPS) is 11.2. The van der Waals surface area contributed by atoms with Crippen molar-refractivity contribution in [3.63, 3.8) is 0 Å². The highest BCUT2D eigenvalue weighted by atomic mass is 32.2. The molecule has 0 aliphatic heterocycles. The summed E-state index contributed by atoms with van der Waals surface area (Å²) in [4.78, 5) is 10.6. The number of para-hydroxylation sites is 1. The van der Waals surface area contributed by atoms with E-state index in [0.717, 1.165) is 10.6 Å². The molecule has 0 aromatic heterocycles. The Bertz CT molecular complexity index is 833. The molecular formula is C14H14N2O5S. The third kappa shape index (κ3) is 3.01. The molecule has 0 aliphatic carbocycles. The van der Waals surface area contributed by atoms with Crippen molar-refractivity contribution in [2.45, 2.75) is 0 Å². The van der Waals surface area contributed by atoms with Crippen LogP contribution in [0.2, 0.25) is 0 Å². The fourth-order valence-corrected chi connectivity index (χ4v) is 2.51. The van der Waals surface area contributed by atoms with Gasteiger partial charge in [-0.05, 0) is 17.7 Å². The minimum absolute atomic E-state index is 0.0129. The van der Waals surface area contributed by atoms with Crippen molar-refractivity contribution in [2.24, 2.45) is 0 Å². The number of anilines is 1. The Morgan fingerprint density at radius 3 is 2.36 bits per heavy atom. The van der Waals surface area contributed by atoms with Crippen molar-refractivity contribution in [3.8, 4) is 16.9 Å². The molecule has 0 saturated heterocycles. The van der Waals surface area contributed by atoms with Crippen LogP contribution in [0.4, 0.5) is 11.4 Å². The van der Waals surface area contributed by atoms with E-state index in [2.05, 4.69) is 0 Å². The van der Waals surface area contributed by atoms with Gasteiger partial charge >= 0.3 is 0 Å².